The van der Waals surface area contributed by atoms with E-state index in [0.29, 0.717) is 0 Å². The van der Waals surface area contributed by atoms with E-state index in [-0.39, 0.29) is 34.1 Å². The van der Waals surface area contributed by atoms with Crippen molar-refractivity contribution in [1.82, 2.24) is 0 Å². The van der Waals surface area contributed by atoms with Crippen LogP contribution in [0.2, 0.25) is 0 Å². The van der Waals surface area contributed by atoms with Crippen LogP contribution in [0.1, 0.15) is 67.8 Å². The third-order valence-electron chi connectivity index (χ3n) is 9.89. The first kappa shape index (κ1) is 37.4. The molecule has 7 N–H and O–H groups in total. The van der Waals surface area contributed by atoms with Gasteiger partial charge in [-0.25, -0.2) is 0 Å². The molecule has 2 aromatic carbocycles. The van der Waals surface area contributed by atoms with Gasteiger partial charge in [0.25, 0.3) is 11.7 Å². The number of amides is 1. The minimum Gasteiger partial charge on any atom is -0.507 e. The molecular formula is C36H45NO12. The predicted molar refractivity (Wildman–Crippen MR) is 180 cm³/mol. The van der Waals surface area contributed by atoms with Crippen molar-refractivity contribution in [2.45, 2.75) is 78.7 Å². The molecule has 0 radical (unpaired) electrons. The zero-order valence-electron chi connectivity index (χ0n) is 28.7. The molecule has 0 aromatic heterocycles. The van der Waals surface area contributed by atoms with E-state index < -0.39 is 99.5 Å². The molecule has 0 aliphatic carbocycles. The van der Waals surface area contributed by atoms with Crippen molar-refractivity contribution in [3.8, 4) is 23.0 Å². The van der Waals surface area contributed by atoms with Gasteiger partial charge in [-0.1, -0.05) is 45.9 Å². The molecule has 3 aliphatic heterocycles. The molecule has 0 spiro atoms. The highest BCUT2D eigenvalue weighted by Gasteiger charge is 2.49. The van der Waals surface area contributed by atoms with Crippen LogP contribution in [0.25, 0.3) is 10.8 Å². The maximum Gasteiger partial charge on any atom is 0.312 e. The van der Waals surface area contributed by atoms with E-state index in [9.17, 15) is 45.0 Å². The molecule has 3 heterocycles. The fourth-order valence-electron chi connectivity index (χ4n) is 6.47. The number of benzene rings is 2. The summed E-state index contributed by atoms with van der Waals surface area (Å²) in [7, 11) is 1.41. The number of aliphatic hydroxyl groups is 3. The largest absolute Gasteiger partial charge is 0.507 e. The number of aliphatic hydroxyl groups excluding tert-OH is 3. The topological polar surface area (TPSA) is 212 Å². The summed E-state index contributed by atoms with van der Waals surface area (Å²) in [6, 6.07) is 0. The lowest BCUT2D eigenvalue weighted by molar-refractivity contribution is -0.112. The Morgan fingerprint density at radius 2 is 1.49 bits per heavy atom. The zero-order chi connectivity index (χ0) is 36.7. The minimum absolute atomic E-state index is 0.00862. The Morgan fingerprint density at radius 3 is 2.10 bits per heavy atom. The second kappa shape index (κ2) is 14.2. The number of nitrogens with one attached hydrogen (secondary N) is 1. The number of aromatic hydroxyl groups is 3. The highest BCUT2D eigenvalue weighted by atomic mass is 16.7. The number of ether oxygens (including phenoxy) is 3. The lowest BCUT2D eigenvalue weighted by Crippen LogP contribution is -2.44. The molecule has 0 saturated carbocycles. The van der Waals surface area contributed by atoms with E-state index in [4.69, 9.17) is 14.2 Å². The molecule has 8 unspecified atom stereocenters. The summed E-state index contributed by atoms with van der Waals surface area (Å²) in [5.74, 6) is -8.42. The van der Waals surface area contributed by atoms with Gasteiger partial charge < -0.3 is 50.2 Å². The summed E-state index contributed by atoms with van der Waals surface area (Å²) >= 11 is 0. The van der Waals surface area contributed by atoms with Gasteiger partial charge in [0.2, 0.25) is 0 Å². The van der Waals surface area contributed by atoms with Gasteiger partial charge in [-0.05, 0) is 19.9 Å². The Bertz CT molecular complexity index is 1750. The van der Waals surface area contributed by atoms with Crippen molar-refractivity contribution in [2.75, 3.05) is 12.4 Å². The number of ketones is 1. The first-order valence-corrected chi connectivity index (χ1v) is 16.0. The lowest BCUT2D eigenvalue weighted by Gasteiger charge is -2.36. The summed E-state index contributed by atoms with van der Waals surface area (Å²) in [6.07, 6.45) is 3.34. The molecule has 5 bridgehead atoms. The fourth-order valence-corrected chi connectivity index (χ4v) is 6.47. The number of hydrogen-bond donors (Lipinski definition) is 7. The molecule has 13 heteroatoms. The molecule has 3 aliphatic rings. The SMILES string of the molecule is COC1C=CO[C@@]2(C)Oc3c(C)c(O)c4c(O)c(c(C=O)c(O)c4c3C2=O)NC(=O)C(C)=CC=CC(C)C(O)C(C)C(O)C(C)C(O)C1C. The summed E-state index contributed by atoms with van der Waals surface area (Å²) in [5.41, 5.74) is -1.21. The third-order valence-corrected chi connectivity index (χ3v) is 9.89. The summed E-state index contributed by atoms with van der Waals surface area (Å²) in [5, 5.41) is 68.9. The standard InChI is InChI=1S/C36H45NO12/c1-15-10-9-11-16(2)35(46)37-26-21(14-38)31(43)23-24(32(26)44)30(42)20(6)33-25(23)34(45)36(7,49-33)48-13-12-22(47-8)17(3)28(40)19(5)29(41)18(4)27(15)39/h9-15,17-19,22,27-29,39-44H,1-8H3,(H,37,46)/t15?,17?,18?,19?,22?,27?,28?,29?,36-/m0/s1. The number of anilines is 1. The Kier molecular flexibility index (Phi) is 10.8. The smallest absolute Gasteiger partial charge is 0.312 e. The number of carbonyl (C=O) groups is 3. The zero-order valence-corrected chi connectivity index (χ0v) is 28.7. The van der Waals surface area contributed by atoms with Crippen molar-refractivity contribution < 1.29 is 59.2 Å². The van der Waals surface area contributed by atoms with Gasteiger partial charge in [0.1, 0.15) is 17.2 Å². The minimum atomic E-state index is -2.05. The van der Waals surface area contributed by atoms with Crippen LogP contribution in [-0.2, 0) is 14.3 Å². The number of rotatable bonds is 2. The number of allylic oxidation sites excluding steroid dienone is 2. The fraction of sp³-hybridized carbons (Fsp3) is 0.472. The van der Waals surface area contributed by atoms with E-state index in [0.717, 1.165) is 6.26 Å². The third kappa shape index (κ3) is 6.51. The second-order valence-electron chi connectivity index (χ2n) is 13.2. The average molecular weight is 684 g/mol. The molecule has 0 saturated heterocycles. The highest BCUT2D eigenvalue weighted by molar-refractivity contribution is 6.23. The number of carbonyl (C=O) groups excluding carboxylic acids is 3. The number of phenols is 3. The quantitative estimate of drug-likeness (QED) is 0.136. The van der Waals surface area contributed by atoms with Gasteiger partial charge >= 0.3 is 5.79 Å². The predicted octanol–water partition coefficient (Wildman–Crippen LogP) is 4.00. The van der Waals surface area contributed by atoms with Crippen LogP contribution in [0.4, 0.5) is 5.69 Å². The molecule has 49 heavy (non-hydrogen) atoms. The Labute approximate surface area is 284 Å². The van der Waals surface area contributed by atoms with Crippen LogP contribution in [0.5, 0.6) is 23.0 Å². The van der Waals surface area contributed by atoms with Crippen LogP contribution in [0.3, 0.4) is 0 Å². The van der Waals surface area contributed by atoms with Gasteiger partial charge in [0.15, 0.2) is 12.0 Å². The van der Waals surface area contributed by atoms with Crippen molar-refractivity contribution in [3.05, 3.63) is 52.8 Å². The maximum absolute atomic E-state index is 13.9. The monoisotopic (exact) mass is 683 g/mol. The maximum atomic E-state index is 13.9. The van der Waals surface area contributed by atoms with Gasteiger partial charge in [0.05, 0.1) is 52.9 Å². The molecule has 2 aromatic rings. The Morgan fingerprint density at radius 1 is 0.878 bits per heavy atom. The number of aldehydes is 1. The summed E-state index contributed by atoms with van der Waals surface area (Å²) in [4.78, 5) is 39.4. The number of methoxy groups -OCH3 is 1. The van der Waals surface area contributed by atoms with E-state index in [2.05, 4.69) is 5.32 Å². The molecule has 1 amide bonds. The van der Waals surface area contributed by atoms with Crippen LogP contribution in [0.15, 0.2) is 36.1 Å². The highest BCUT2D eigenvalue weighted by Crippen LogP contribution is 2.55. The van der Waals surface area contributed by atoms with Crippen molar-refractivity contribution >= 4 is 34.4 Å². The molecule has 266 valence electrons. The number of hydrogen-bond acceptors (Lipinski definition) is 12. The van der Waals surface area contributed by atoms with Crippen LogP contribution < -0.4 is 10.1 Å². The summed E-state index contributed by atoms with van der Waals surface area (Å²) in [6.45, 7) is 10.9. The van der Waals surface area contributed by atoms with Gasteiger partial charge in [-0.2, -0.15) is 0 Å². The van der Waals surface area contributed by atoms with E-state index in [1.165, 1.54) is 46.1 Å². The van der Waals surface area contributed by atoms with E-state index >= 15 is 0 Å². The molecule has 0 fully saturated rings. The Balaban J connectivity index is 1.91. The summed E-state index contributed by atoms with van der Waals surface area (Å²) < 4.78 is 17.3. The van der Waals surface area contributed by atoms with Crippen molar-refractivity contribution in [1.29, 1.82) is 0 Å². The van der Waals surface area contributed by atoms with Gasteiger partial charge in [0, 0.05) is 54.2 Å². The first-order chi connectivity index (χ1) is 22.9. The van der Waals surface area contributed by atoms with Crippen molar-refractivity contribution in [2.24, 2.45) is 23.7 Å². The van der Waals surface area contributed by atoms with E-state index in [1.54, 1.807) is 33.8 Å². The molecule has 5 rings (SSSR count). The average Bonchev–Trinajstić information content (AvgIpc) is 3.34. The number of fused-ring (bicyclic) bond motifs is 14. The first-order valence-electron chi connectivity index (χ1n) is 16.0. The number of Topliss-reactive ketones (excluding diaryl/α,β-unsaturated/α-hetero) is 1. The molecule has 9 atom stereocenters. The lowest BCUT2D eigenvalue weighted by atomic mass is 9.78. The van der Waals surface area contributed by atoms with Gasteiger partial charge in [-0.3, -0.25) is 14.4 Å². The Hall–Kier alpha value is -4.43. The normalized spacial score (nSPS) is 31.4. The van der Waals surface area contributed by atoms with Gasteiger partial charge in [-0.15, -0.1) is 0 Å². The van der Waals surface area contributed by atoms with Crippen molar-refractivity contribution in [3.63, 3.8) is 0 Å². The second-order valence-corrected chi connectivity index (χ2v) is 13.2. The number of phenolic OH excluding ortho intramolecular Hbond substituents is 3. The van der Waals surface area contributed by atoms with Crippen LogP contribution in [-0.4, -0.2) is 85.9 Å². The van der Waals surface area contributed by atoms with Crippen LogP contribution >= 0.6 is 0 Å². The molecule has 13 nitrogen and oxygen atoms in total. The van der Waals surface area contributed by atoms with Crippen LogP contribution in [0, 0.1) is 30.6 Å². The molecular weight excluding hydrogens is 638 g/mol. The van der Waals surface area contributed by atoms with E-state index in [1.807, 2.05) is 0 Å².